The van der Waals surface area contributed by atoms with Crippen molar-refractivity contribution in [3.63, 3.8) is 0 Å². The van der Waals surface area contributed by atoms with Crippen LogP contribution in [0, 0.1) is 0 Å². The number of benzene rings is 8. The SMILES string of the molecule is c1ccc(-c2c([Si](c3ccccc3)(c3ccccc3)c3ccccc3)c3c(n2-c2ccccc2)C(c2ccccc2)(c2ccccc2)c2ccccc2S3)cc1. The summed E-state index contributed by atoms with van der Waals surface area (Å²) in [6.45, 7) is 0. The van der Waals surface area contributed by atoms with E-state index in [4.69, 9.17) is 0 Å². The number of rotatable bonds is 8. The van der Waals surface area contributed by atoms with Crippen molar-refractivity contribution in [2.24, 2.45) is 0 Å². The standard InChI is InChI=1S/C53H39NSSi/c1-8-24-40(25-9-1)49-51(56(44-32-16-5-17-33-44,45-34-18-6-19-35-45)46-36-20-7-21-37-46)50-52(54(49)43-30-14-4-15-31-43)53(41-26-10-2-11-27-41,42-28-12-3-13-29-42)47-38-22-23-39-48(47)55-50/h1-39H. The van der Waals surface area contributed by atoms with Gasteiger partial charge in [-0.15, -0.1) is 0 Å². The fourth-order valence-electron chi connectivity index (χ4n) is 9.27. The number of fused-ring (bicyclic) bond motifs is 2. The molecule has 0 saturated heterocycles. The van der Waals surface area contributed by atoms with Crippen molar-refractivity contribution in [2.75, 3.05) is 0 Å². The lowest BCUT2D eigenvalue weighted by atomic mass is 9.67. The molecular formula is C53H39NSSi. The molecule has 1 aliphatic heterocycles. The van der Waals surface area contributed by atoms with Crippen molar-refractivity contribution in [3.05, 3.63) is 259 Å². The molecule has 0 amide bonds. The van der Waals surface area contributed by atoms with E-state index in [1.807, 2.05) is 11.8 Å². The third-order valence-electron chi connectivity index (χ3n) is 11.5. The van der Waals surface area contributed by atoms with Crippen LogP contribution in [0.4, 0.5) is 0 Å². The molecule has 0 radical (unpaired) electrons. The normalized spacial score (nSPS) is 13.1. The lowest BCUT2D eigenvalue weighted by Crippen LogP contribution is -2.75. The first-order valence-corrected chi connectivity index (χ1v) is 22.1. The highest BCUT2D eigenvalue weighted by Gasteiger charge is 2.54. The maximum atomic E-state index is 2.65. The number of hydrogen-bond acceptors (Lipinski definition) is 1. The molecule has 0 fully saturated rings. The number of hydrogen-bond donors (Lipinski definition) is 0. The number of aromatic nitrogens is 1. The quantitative estimate of drug-likeness (QED) is 0.111. The molecule has 56 heavy (non-hydrogen) atoms. The molecule has 9 aromatic rings. The maximum Gasteiger partial charge on any atom is 0.183 e. The minimum Gasteiger partial charge on any atom is -0.311 e. The van der Waals surface area contributed by atoms with Gasteiger partial charge in [0, 0.05) is 15.5 Å². The molecule has 266 valence electrons. The van der Waals surface area contributed by atoms with Gasteiger partial charge in [0.2, 0.25) is 0 Å². The first-order valence-electron chi connectivity index (χ1n) is 19.3. The van der Waals surface area contributed by atoms with Crippen molar-refractivity contribution in [2.45, 2.75) is 15.2 Å². The Hall–Kier alpha value is -6.39. The summed E-state index contributed by atoms with van der Waals surface area (Å²) in [4.78, 5) is 2.60. The van der Waals surface area contributed by atoms with Gasteiger partial charge < -0.3 is 4.57 Å². The van der Waals surface area contributed by atoms with E-state index < -0.39 is 13.5 Å². The van der Waals surface area contributed by atoms with Crippen molar-refractivity contribution in [3.8, 4) is 16.9 Å². The van der Waals surface area contributed by atoms with Gasteiger partial charge in [0.1, 0.15) is 0 Å². The second-order valence-corrected chi connectivity index (χ2v) is 19.2. The van der Waals surface area contributed by atoms with Crippen LogP contribution in [-0.4, -0.2) is 12.6 Å². The van der Waals surface area contributed by atoms with Crippen molar-refractivity contribution in [1.29, 1.82) is 0 Å². The van der Waals surface area contributed by atoms with Gasteiger partial charge in [-0.05, 0) is 61.2 Å². The topological polar surface area (TPSA) is 4.93 Å². The fourth-order valence-corrected chi connectivity index (χ4v) is 16.1. The summed E-state index contributed by atoms with van der Waals surface area (Å²) in [6, 6.07) is 88.0. The van der Waals surface area contributed by atoms with E-state index in [1.165, 1.54) is 64.2 Å². The highest BCUT2D eigenvalue weighted by atomic mass is 32.2. The Morgan fingerprint density at radius 2 is 0.786 bits per heavy atom. The average molecular weight is 750 g/mol. The van der Waals surface area contributed by atoms with Gasteiger partial charge >= 0.3 is 0 Å². The van der Waals surface area contributed by atoms with E-state index in [2.05, 4.69) is 241 Å². The van der Waals surface area contributed by atoms with Crippen LogP contribution in [0.3, 0.4) is 0 Å². The van der Waals surface area contributed by atoms with Gasteiger partial charge in [0.15, 0.2) is 8.07 Å². The summed E-state index contributed by atoms with van der Waals surface area (Å²) < 4.78 is 2.65. The van der Waals surface area contributed by atoms with Crippen LogP contribution < -0.4 is 20.7 Å². The van der Waals surface area contributed by atoms with Crippen LogP contribution in [0.15, 0.2) is 246 Å². The Bertz CT molecular complexity index is 2600. The molecule has 1 nitrogen and oxygen atoms in total. The predicted molar refractivity (Wildman–Crippen MR) is 237 cm³/mol. The van der Waals surface area contributed by atoms with Crippen LogP contribution in [0.1, 0.15) is 22.4 Å². The molecule has 0 spiro atoms. The summed E-state index contributed by atoms with van der Waals surface area (Å²) in [5.41, 5.74) is 7.96. The molecular weight excluding hydrogens is 711 g/mol. The first kappa shape index (κ1) is 34.1. The number of nitrogens with zero attached hydrogens (tertiary/aromatic N) is 1. The van der Waals surface area contributed by atoms with Gasteiger partial charge in [-0.2, -0.15) is 0 Å². The fraction of sp³-hybridized carbons (Fsp3) is 0.0189. The van der Waals surface area contributed by atoms with E-state index in [0.29, 0.717) is 0 Å². The zero-order valence-corrected chi connectivity index (χ0v) is 32.7. The lowest BCUT2D eigenvalue weighted by Gasteiger charge is -2.42. The molecule has 0 N–H and O–H groups in total. The lowest BCUT2D eigenvalue weighted by molar-refractivity contribution is 0.658. The zero-order chi connectivity index (χ0) is 37.4. The van der Waals surface area contributed by atoms with Crippen LogP contribution in [-0.2, 0) is 5.41 Å². The van der Waals surface area contributed by atoms with E-state index in [0.717, 1.165) is 5.69 Å². The van der Waals surface area contributed by atoms with Crippen molar-refractivity contribution < 1.29 is 0 Å². The maximum absolute atomic E-state index is 3.15. The first-order chi connectivity index (χ1) is 27.8. The highest BCUT2D eigenvalue weighted by Crippen LogP contribution is 2.57. The summed E-state index contributed by atoms with van der Waals surface area (Å²) >= 11 is 1.95. The Kier molecular flexibility index (Phi) is 8.75. The molecule has 0 atom stereocenters. The Morgan fingerprint density at radius 1 is 0.393 bits per heavy atom. The summed E-state index contributed by atoms with van der Waals surface area (Å²) in [7, 11) is -3.15. The van der Waals surface area contributed by atoms with Crippen LogP contribution >= 0.6 is 11.8 Å². The minimum absolute atomic E-state index is 0.665. The Morgan fingerprint density at radius 3 is 1.27 bits per heavy atom. The molecule has 10 rings (SSSR count). The van der Waals surface area contributed by atoms with Crippen molar-refractivity contribution in [1.82, 2.24) is 4.57 Å². The minimum atomic E-state index is -3.15. The third kappa shape index (κ3) is 5.23. The van der Waals surface area contributed by atoms with Crippen LogP contribution in [0.25, 0.3) is 16.9 Å². The average Bonchev–Trinajstić information content (AvgIpc) is 3.63. The molecule has 0 saturated carbocycles. The zero-order valence-electron chi connectivity index (χ0n) is 30.9. The van der Waals surface area contributed by atoms with E-state index in [9.17, 15) is 0 Å². The van der Waals surface area contributed by atoms with Crippen molar-refractivity contribution >= 4 is 40.6 Å². The molecule has 0 bridgehead atoms. The van der Waals surface area contributed by atoms with Gasteiger partial charge in [-0.25, -0.2) is 0 Å². The van der Waals surface area contributed by atoms with Gasteiger partial charge in [0.05, 0.1) is 16.8 Å². The predicted octanol–water partition coefficient (Wildman–Crippen LogP) is 10.4. The Labute approximate surface area is 334 Å². The van der Waals surface area contributed by atoms with E-state index in [-0.39, 0.29) is 0 Å². The Balaban J connectivity index is 1.53. The van der Waals surface area contributed by atoms with Gasteiger partial charge in [0.25, 0.3) is 0 Å². The van der Waals surface area contributed by atoms with Crippen LogP contribution in [0.5, 0.6) is 0 Å². The molecule has 1 aliphatic rings. The molecule has 0 aliphatic carbocycles. The molecule has 0 unspecified atom stereocenters. The molecule has 8 aromatic carbocycles. The molecule has 3 heteroatoms. The second-order valence-electron chi connectivity index (χ2n) is 14.4. The van der Waals surface area contributed by atoms with Gasteiger partial charge in [-0.3, -0.25) is 0 Å². The summed E-state index contributed by atoms with van der Waals surface area (Å²) in [6.07, 6.45) is 0. The summed E-state index contributed by atoms with van der Waals surface area (Å²) in [5, 5.41) is 5.47. The molecule has 2 heterocycles. The summed E-state index contributed by atoms with van der Waals surface area (Å²) in [5.74, 6) is 0. The van der Waals surface area contributed by atoms with E-state index >= 15 is 0 Å². The smallest absolute Gasteiger partial charge is 0.183 e. The van der Waals surface area contributed by atoms with Gasteiger partial charge in [-0.1, -0.05) is 230 Å². The number of para-hydroxylation sites is 1. The second kappa shape index (κ2) is 14.4. The third-order valence-corrected chi connectivity index (χ3v) is 17.6. The van der Waals surface area contributed by atoms with Crippen LogP contribution in [0.2, 0.25) is 0 Å². The monoisotopic (exact) mass is 749 g/mol. The largest absolute Gasteiger partial charge is 0.311 e. The highest BCUT2D eigenvalue weighted by molar-refractivity contribution is 7.99. The molecule has 1 aromatic heterocycles. The van der Waals surface area contributed by atoms with E-state index in [1.54, 1.807) is 0 Å².